The second-order valence-electron chi connectivity index (χ2n) is 5.77. The van der Waals surface area contributed by atoms with Gasteiger partial charge in [0.15, 0.2) is 0 Å². The Balaban J connectivity index is 2.35. The predicted octanol–water partition coefficient (Wildman–Crippen LogP) is 3.40. The number of anilines is 2. The molecule has 0 heterocycles. The lowest BCUT2D eigenvalue weighted by atomic mass is 9.97. The summed E-state index contributed by atoms with van der Waals surface area (Å²) in [6, 6.07) is 7.72. The van der Waals surface area contributed by atoms with Gasteiger partial charge in [-0.25, -0.2) is 0 Å². The van der Waals surface area contributed by atoms with Gasteiger partial charge in [-0.1, -0.05) is 0 Å². The van der Waals surface area contributed by atoms with Crippen molar-refractivity contribution in [1.82, 2.24) is 0 Å². The van der Waals surface area contributed by atoms with Crippen LogP contribution in [-0.4, -0.2) is 29.6 Å². The van der Waals surface area contributed by atoms with Gasteiger partial charge < -0.3 is 10.3 Å². The molecule has 0 amide bonds. The van der Waals surface area contributed by atoms with E-state index in [-0.39, 0.29) is 22.6 Å². The van der Waals surface area contributed by atoms with Crippen molar-refractivity contribution in [2.75, 3.05) is 23.4 Å². The van der Waals surface area contributed by atoms with E-state index in [1.807, 2.05) is 37.1 Å². The minimum Gasteiger partial charge on any atom is -0.763 e. The number of nitrogens with one attached hydrogen (secondary N) is 1. The third-order valence-corrected chi connectivity index (χ3v) is 4.17. The van der Waals surface area contributed by atoms with E-state index in [2.05, 4.69) is 29.3 Å². The third kappa shape index (κ3) is 4.29. The predicted molar refractivity (Wildman–Crippen MR) is 106 cm³/mol. The Morgan fingerprint density at radius 2 is 2.04 bits per heavy atom. The summed E-state index contributed by atoms with van der Waals surface area (Å²) in [7, 11) is 0. The van der Waals surface area contributed by atoms with Crippen LogP contribution in [0.5, 0.6) is 0 Å². The van der Waals surface area contributed by atoms with E-state index >= 15 is 0 Å². The Bertz CT molecular complexity index is 941. The molecular formula is C19H19N6O2-. The van der Waals surface area contributed by atoms with Gasteiger partial charge in [-0.3, -0.25) is 21.4 Å². The van der Waals surface area contributed by atoms with Gasteiger partial charge in [-0.05, 0) is 44.5 Å². The molecule has 0 radical (unpaired) electrons. The summed E-state index contributed by atoms with van der Waals surface area (Å²) in [5, 5.41) is 33.7. The van der Waals surface area contributed by atoms with Crippen LogP contribution in [0, 0.1) is 28.4 Å². The highest BCUT2D eigenvalue weighted by molar-refractivity contribution is 6.22. The molecule has 0 atom stereocenters. The van der Waals surface area contributed by atoms with Gasteiger partial charge in [0.25, 0.3) is 5.70 Å². The zero-order valence-corrected chi connectivity index (χ0v) is 15.4. The number of nitrogens with zero attached hydrogens (tertiary/aromatic N) is 5. The SMILES string of the molecule is CCN(CC)c1ccc(NN=C2C(=C=[N-])C=C([N+](=O)[O-])C=C2C#N)c(C)c1. The average molecular weight is 363 g/mol. The van der Waals surface area contributed by atoms with E-state index in [0.29, 0.717) is 0 Å². The standard InChI is InChI=1S/C19H19N6O2/c1-4-24(5-2)16-6-7-18(13(3)8-16)22-23-19-14(11-20)9-17(25(26)27)10-15(19)12-21/h6-10,22H,4-5H2,1-3H3/q-1. The molecule has 8 heteroatoms. The van der Waals surface area contributed by atoms with Gasteiger partial charge in [0.2, 0.25) is 0 Å². The summed E-state index contributed by atoms with van der Waals surface area (Å²) in [4.78, 5) is 12.5. The van der Waals surface area contributed by atoms with Crippen LogP contribution in [0.4, 0.5) is 11.4 Å². The van der Waals surface area contributed by atoms with Crippen LogP contribution >= 0.6 is 0 Å². The highest BCUT2D eigenvalue weighted by atomic mass is 16.6. The summed E-state index contributed by atoms with van der Waals surface area (Å²) in [5.41, 5.74) is 5.31. The number of hydrazone groups is 1. The molecular weight excluding hydrogens is 344 g/mol. The van der Waals surface area contributed by atoms with E-state index in [4.69, 9.17) is 0 Å². The van der Waals surface area contributed by atoms with Crippen molar-refractivity contribution >= 4 is 23.0 Å². The van der Waals surface area contributed by atoms with Crippen LogP contribution in [0.25, 0.3) is 5.41 Å². The maximum absolute atomic E-state index is 10.9. The molecule has 0 bridgehead atoms. The minimum absolute atomic E-state index is 0.0364. The minimum atomic E-state index is -0.644. The van der Waals surface area contributed by atoms with E-state index in [1.165, 1.54) is 0 Å². The summed E-state index contributed by atoms with van der Waals surface area (Å²) in [6.07, 6.45) is 2.22. The van der Waals surface area contributed by atoms with Crippen LogP contribution in [-0.2, 0) is 0 Å². The fourth-order valence-electron chi connectivity index (χ4n) is 2.69. The van der Waals surface area contributed by atoms with Crippen molar-refractivity contribution in [1.29, 1.82) is 5.26 Å². The Hall–Kier alpha value is -3.69. The molecule has 0 spiro atoms. The molecule has 1 aliphatic rings. The molecule has 1 N–H and O–H groups in total. The van der Waals surface area contributed by atoms with Crippen molar-refractivity contribution in [2.45, 2.75) is 20.8 Å². The number of rotatable bonds is 6. The lowest BCUT2D eigenvalue weighted by Gasteiger charge is -2.22. The molecule has 1 aromatic rings. The zero-order chi connectivity index (χ0) is 20.0. The van der Waals surface area contributed by atoms with Crippen molar-refractivity contribution in [3.05, 3.63) is 68.3 Å². The lowest BCUT2D eigenvalue weighted by molar-refractivity contribution is -0.419. The second-order valence-corrected chi connectivity index (χ2v) is 5.77. The zero-order valence-electron chi connectivity index (χ0n) is 15.4. The Morgan fingerprint density at radius 1 is 1.33 bits per heavy atom. The van der Waals surface area contributed by atoms with Crippen LogP contribution in [0.15, 0.2) is 52.3 Å². The monoisotopic (exact) mass is 363 g/mol. The first-order chi connectivity index (χ1) is 12.9. The molecule has 1 aromatic carbocycles. The van der Waals surface area contributed by atoms with E-state index in [9.17, 15) is 20.8 Å². The van der Waals surface area contributed by atoms with Crippen molar-refractivity contribution in [2.24, 2.45) is 5.10 Å². The molecule has 0 aliphatic heterocycles. The Morgan fingerprint density at radius 3 is 2.56 bits per heavy atom. The third-order valence-electron chi connectivity index (χ3n) is 4.17. The van der Waals surface area contributed by atoms with Gasteiger partial charge in [0, 0.05) is 36.5 Å². The van der Waals surface area contributed by atoms with Crippen molar-refractivity contribution in [3.63, 3.8) is 0 Å². The maximum Gasteiger partial charge on any atom is 0.272 e. The number of aryl methyl sites for hydroxylation is 1. The van der Waals surface area contributed by atoms with Crippen LogP contribution in [0.1, 0.15) is 19.4 Å². The first-order valence-corrected chi connectivity index (χ1v) is 8.40. The van der Waals surface area contributed by atoms with Crippen molar-refractivity contribution in [3.8, 4) is 6.07 Å². The summed E-state index contributed by atoms with van der Waals surface area (Å²) in [6.45, 7) is 7.89. The first kappa shape index (κ1) is 19.6. The summed E-state index contributed by atoms with van der Waals surface area (Å²) >= 11 is 0. The van der Waals surface area contributed by atoms with Gasteiger partial charge in [0.05, 0.1) is 16.2 Å². The number of nitro groups is 1. The largest absolute Gasteiger partial charge is 0.763 e. The van der Waals surface area contributed by atoms with Gasteiger partial charge in [-0.2, -0.15) is 10.4 Å². The number of allylic oxidation sites excluding steroid dienone is 4. The fourth-order valence-corrected chi connectivity index (χ4v) is 2.69. The Labute approximate surface area is 157 Å². The molecule has 8 nitrogen and oxygen atoms in total. The second kappa shape index (κ2) is 8.61. The van der Waals surface area contributed by atoms with Crippen LogP contribution in [0.2, 0.25) is 0 Å². The highest BCUT2D eigenvalue weighted by Crippen LogP contribution is 2.24. The van der Waals surface area contributed by atoms with Gasteiger partial charge in [-0.15, -0.1) is 0 Å². The molecule has 0 saturated carbocycles. The van der Waals surface area contributed by atoms with E-state index in [1.54, 1.807) is 0 Å². The molecule has 0 aromatic heterocycles. The molecule has 1 aliphatic carbocycles. The van der Waals surface area contributed by atoms with Crippen LogP contribution in [0.3, 0.4) is 0 Å². The van der Waals surface area contributed by atoms with Gasteiger partial charge >= 0.3 is 0 Å². The normalized spacial score (nSPS) is 14.7. The number of benzene rings is 1. The molecule has 0 fully saturated rings. The molecule has 27 heavy (non-hydrogen) atoms. The highest BCUT2D eigenvalue weighted by Gasteiger charge is 2.22. The smallest absolute Gasteiger partial charge is 0.272 e. The number of hydrogen-bond acceptors (Lipinski definition) is 6. The van der Waals surface area contributed by atoms with Gasteiger partial charge in [0.1, 0.15) is 11.8 Å². The Kier molecular flexibility index (Phi) is 6.26. The topological polar surface area (TPSA) is 117 Å². The fraction of sp³-hybridized carbons (Fsp3) is 0.263. The average Bonchev–Trinajstić information content (AvgIpc) is 2.67. The maximum atomic E-state index is 10.9. The van der Waals surface area contributed by atoms with E-state index in [0.717, 1.165) is 42.2 Å². The van der Waals surface area contributed by atoms with Crippen molar-refractivity contribution < 1.29 is 4.92 Å². The summed E-state index contributed by atoms with van der Waals surface area (Å²) in [5.74, 6) is 1.86. The molecule has 0 saturated heterocycles. The number of hydrogen-bond donors (Lipinski definition) is 1. The van der Waals surface area contributed by atoms with Crippen LogP contribution < -0.4 is 10.3 Å². The summed E-state index contributed by atoms with van der Waals surface area (Å²) < 4.78 is 0. The molecule has 2 rings (SSSR count). The first-order valence-electron chi connectivity index (χ1n) is 8.40. The lowest BCUT2D eigenvalue weighted by Crippen LogP contribution is -2.21. The number of nitriles is 1. The molecule has 138 valence electrons. The molecule has 0 unspecified atom stereocenters. The van der Waals surface area contributed by atoms with E-state index < -0.39 is 4.92 Å². The quantitative estimate of drug-likeness (QED) is 0.472.